The highest BCUT2D eigenvalue weighted by Crippen LogP contribution is 2.30. The minimum absolute atomic E-state index is 0.0255. The van der Waals surface area contributed by atoms with Crippen molar-refractivity contribution in [3.8, 4) is 17.1 Å². The summed E-state index contributed by atoms with van der Waals surface area (Å²) < 4.78 is 5.67. The van der Waals surface area contributed by atoms with Crippen LogP contribution in [0.15, 0.2) is 60.7 Å². The number of rotatable bonds is 6. The molecule has 1 aliphatic heterocycles. The topological polar surface area (TPSA) is 58.6 Å². The third-order valence-corrected chi connectivity index (χ3v) is 5.64. The summed E-state index contributed by atoms with van der Waals surface area (Å²) in [6, 6.07) is 19.7. The zero-order chi connectivity index (χ0) is 21.8. The Hall–Kier alpha value is -3.41. The van der Waals surface area contributed by atoms with Crippen LogP contribution in [0.3, 0.4) is 0 Å². The molecule has 31 heavy (non-hydrogen) atoms. The van der Waals surface area contributed by atoms with Crippen LogP contribution in [-0.2, 0) is 17.8 Å². The Balaban J connectivity index is 1.59. The van der Waals surface area contributed by atoms with Crippen molar-refractivity contribution in [2.45, 2.75) is 32.9 Å². The third kappa shape index (κ3) is 4.68. The molecule has 0 saturated heterocycles. The van der Waals surface area contributed by atoms with E-state index in [1.807, 2.05) is 72.6 Å². The highest BCUT2D eigenvalue weighted by Gasteiger charge is 2.27. The number of amides is 1. The lowest BCUT2D eigenvalue weighted by molar-refractivity contribution is -0.134. The largest absolute Gasteiger partial charge is 0.484 e. The van der Waals surface area contributed by atoms with Gasteiger partial charge in [0.1, 0.15) is 11.6 Å². The first-order chi connectivity index (χ1) is 15.0. The summed E-state index contributed by atoms with van der Waals surface area (Å²) >= 11 is 0. The minimum atomic E-state index is -0.0280. The molecule has 160 valence electrons. The summed E-state index contributed by atoms with van der Waals surface area (Å²) in [7, 11) is 2.04. The maximum Gasteiger partial charge on any atom is 0.260 e. The fourth-order valence-electron chi connectivity index (χ4n) is 3.62. The summed E-state index contributed by atoms with van der Waals surface area (Å²) in [6.07, 6.45) is 0.702. The number of anilines is 1. The number of carbonyl (C=O) groups excluding carboxylic acids is 1. The van der Waals surface area contributed by atoms with E-state index in [4.69, 9.17) is 14.7 Å². The van der Waals surface area contributed by atoms with Crippen LogP contribution in [0.5, 0.6) is 5.75 Å². The molecule has 0 N–H and O–H groups in total. The Bertz CT molecular complexity index is 1040. The number of hydrogen-bond acceptors (Lipinski definition) is 5. The number of aromatic nitrogens is 2. The maximum atomic E-state index is 12.8. The smallest absolute Gasteiger partial charge is 0.260 e. The van der Waals surface area contributed by atoms with Crippen molar-refractivity contribution < 1.29 is 9.53 Å². The zero-order valence-electron chi connectivity index (χ0n) is 18.3. The molecule has 0 radical (unpaired) electrons. The number of nitrogens with zero attached hydrogens (tertiary/aromatic N) is 4. The molecule has 1 amide bonds. The highest BCUT2D eigenvalue weighted by atomic mass is 16.5. The Morgan fingerprint density at radius 1 is 1.06 bits per heavy atom. The van der Waals surface area contributed by atoms with Crippen LogP contribution in [0, 0.1) is 0 Å². The molecule has 0 atom stereocenters. The SMILES string of the molecule is CC(C)N(C)c1nc(-c2ccccc2)nc2c1CN(C(=O)COc1ccccc1)CC2. The summed E-state index contributed by atoms with van der Waals surface area (Å²) in [6.45, 7) is 5.41. The lowest BCUT2D eigenvalue weighted by Crippen LogP contribution is -2.40. The van der Waals surface area contributed by atoms with Gasteiger partial charge in [-0.15, -0.1) is 0 Å². The van der Waals surface area contributed by atoms with Crippen molar-refractivity contribution in [2.75, 3.05) is 25.1 Å². The lowest BCUT2D eigenvalue weighted by atomic mass is 10.0. The van der Waals surface area contributed by atoms with Crippen LogP contribution in [0.2, 0.25) is 0 Å². The monoisotopic (exact) mass is 416 g/mol. The summed E-state index contributed by atoms with van der Waals surface area (Å²) in [4.78, 5) is 26.6. The van der Waals surface area contributed by atoms with E-state index in [0.717, 1.165) is 28.5 Å². The molecular weight excluding hydrogens is 388 g/mol. The quantitative estimate of drug-likeness (QED) is 0.609. The molecule has 0 aliphatic carbocycles. The van der Waals surface area contributed by atoms with Gasteiger partial charge < -0.3 is 14.5 Å². The van der Waals surface area contributed by atoms with E-state index in [1.165, 1.54) is 0 Å². The fraction of sp³-hybridized carbons (Fsp3) is 0.320. The van der Waals surface area contributed by atoms with E-state index in [0.29, 0.717) is 25.3 Å². The van der Waals surface area contributed by atoms with Crippen molar-refractivity contribution in [3.63, 3.8) is 0 Å². The number of carbonyl (C=O) groups is 1. The molecule has 3 aromatic rings. The second-order valence-corrected chi connectivity index (χ2v) is 8.03. The highest BCUT2D eigenvalue weighted by molar-refractivity contribution is 5.78. The number of hydrogen-bond donors (Lipinski definition) is 0. The molecule has 0 bridgehead atoms. The first kappa shape index (κ1) is 20.8. The molecule has 0 spiro atoms. The molecule has 6 heteroatoms. The molecule has 4 rings (SSSR count). The molecule has 1 aromatic heterocycles. The van der Waals surface area contributed by atoms with Gasteiger partial charge in [-0.25, -0.2) is 9.97 Å². The second kappa shape index (κ2) is 9.16. The normalized spacial score (nSPS) is 13.1. The van der Waals surface area contributed by atoms with Crippen molar-refractivity contribution in [3.05, 3.63) is 71.9 Å². The first-order valence-corrected chi connectivity index (χ1v) is 10.7. The van der Waals surface area contributed by atoms with Gasteiger partial charge in [-0.05, 0) is 26.0 Å². The van der Waals surface area contributed by atoms with Gasteiger partial charge in [0.2, 0.25) is 0 Å². The third-order valence-electron chi connectivity index (χ3n) is 5.64. The van der Waals surface area contributed by atoms with Gasteiger partial charge in [-0.1, -0.05) is 48.5 Å². The Kier molecular flexibility index (Phi) is 6.16. The predicted octanol–water partition coefficient (Wildman–Crippen LogP) is 3.95. The summed E-state index contributed by atoms with van der Waals surface area (Å²) in [5.41, 5.74) is 3.04. The minimum Gasteiger partial charge on any atom is -0.484 e. The number of benzene rings is 2. The van der Waals surface area contributed by atoms with Gasteiger partial charge >= 0.3 is 0 Å². The van der Waals surface area contributed by atoms with Gasteiger partial charge in [-0.2, -0.15) is 0 Å². The van der Waals surface area contributed by atoms with E-state index in [2.05, 4.69) is 18.7 Å². The van der Waals surface area contributed by atoms with Gasteiger partial charge in [-0.3, -0.25) is 4.79 Å². The van der Waals surface area contributed by atoms with E-state index >= 15 is 0 Å². The number of ether oxygens (including phenoxy) is 1. The molecule has 1 aliphatic rings. The number of para-hydroxylation sites is 1. The van der Waals surface area contributed by atoms with Crippen LogP contribution in [0.25, 0.3) is 11.4 Å². The first-order valence-electron chi connectivity index (χ1n) is 10.7. The van der Waals surface area contributed by atoms with E-state index < -0.39 is 0 Å². The van der Waals surface area contributed by atoms with Crippen LogP contribution < -0.4 is 9.64 Å². The van der Waals surface area contributed by atoms with Crippen molar-refractivity contribution in [1.82, 2.24) is 14.9 Å². The molecule has 0 saturated carbocycles. The van der Waals surface area contributed by atoms with Gasteiger partial charge in [0, 0.05) is 37.2 Å². The lowest BCUT2D eigenvalue weighted by Gasteiger charge is -2.33. The van der Waals surface area contributed by atoms with E-state index in [-0.39, 0.29) is 18.6 Å². The van der Waals surface area contributed by atoms with Gasteiger partial charge in [0.25, 0.3) is 5.91 Å². The molecule has 6 nitrogen and oxygen atoms in total. The van der Waals surface area contributed by atoms with Gasteiger partial charge in [0.15, 0.2) is 12.4 Å². The summed E-state index contributed by atoms with van der Waals surface area (Å²) in [5.74, 6) is 2.29. The predicted molar refractivity (Wildman–Crippen MR) is 122 cm³/mol. The van der Waals surface area contributed by atoms with Crippen LogP contribution in [0.4, 0.5) is 5.82 Å². The van der Waals surface area contributed by atoms with Crippen molar-refractivity contribution in [1.29, 1.82) is 0 Å². The molecular formula is C25H28N4O2. The van der Waals surface area contributed by atoms with E-state index in [1.54, 1.807) is 0 Å². The maximum absolute atomic E-state index is 12.8. The molecule has 2 aromatic carbocycles. The second-order valence-electron chi connectivity index (χ2n) is 8.03. The zero-order valence-corrected chi connectivity index (χ0v) is 18.3. The van der Waals surface area contributed by atoms with Crippen molar-refractivity contribution in [2.24, 2.45) is 0 Å². The number of fused-ring (bicyclic) bond motifs is 1. The van der Waals surface area contributed by atoms with E-state index in [9.17, 15) is 4.79 Å². The standard InChI is InChI=1S/C25H28N4O2/c1-18(2)28(3)25-21-16-29(23(30)17-31-20-12-8-5-9-13-20)15-14-22(21)26-24(27-25)19-10-6-4-7-11-19/h4-13,18H,14-17H2,1-3H3. The average Bonchev–Trinajstić information content (AvgIpc) is 2.82. The fourth-order valence-corrected chi connectivity index (χ4v) is 3.62. The average molecular weight is 417 g/mol. The van der Waals surface area contributed by atoms with Crippen molar-refractivity contribution >= 4 is 11.7 Å². The molecule has 0 unspecified atom stereocenters. The summed E-state index contributed by atoms with van der Waals surface area (Å²) in [5, 5.41) is 0. The Morgan fingerprint density at radius 2 is 1.74 bits per heavy atom. The van der Waals surface area contributed by atoms with Crippen LogP contribution >= 0.6 is 0 Å². The Morgan fingerprint density at radius 3 is 2.42 bits per heavy atom. The molecule has 0 fully saturated rings. The van der Waals surface area contributed by atoms with Crippen LogP contribution in [0.1, 0.15) is 25.1 Å². The van der Waals surface area contributed by atoms with Crippen LogP contribution in [-0.4, -0.2) is 47.0 Å². The van der Waals surface area contributed by atoms with Gasteiger partial charge in [0.05, 0.1) is 12.2 Å². The molecule has 2 heterocycles. The Labute approximate surface area is 183 Å².